The highest BCUT2D eigenvalue weighted by Gasteiger charge is 2.52. The molecular formula is C25H40N4O15. The number of nitrogens with one attached hydrogen (secondary N) is 2. The number of ether oxygens (including phenoxy) is 5. The van der Waals surface area contributed by atoms with E-state index in [9.17, 15) is 50.1 Å². The van der Waals surface area contributed by atoms with Crippen LogP contribution in [0, 0.1) is 5.92 Å². The van der Waals surface area contributed by atoms with Crippen molar-refractivity contribution >= 4 is 18.3 Å². The van der Waals surface area contributed by atoms with E-state index < -0.39 is 117 Å². The number of primary amides is 1. The van der Waals surface area contributed by atoms with Crippen molar-refractivity contribution in [2.24, 2.45) is 11.7 Å². The summed E-state index contributed by atoms with van der Waals surface area (Å²) in [6, 6.07) is -0.835. The third-order valence-corrected chi connectivity index (χ3v) is 7.38. The van der Waals surface area contributed by atoms with E-state index in [1.807, 2.05) is 0 Å². The molecule has 44 heavy (non-hydrogen) atoms. The van der Waals surface area contributed by atoms with Crippen molar-refractivity contribution < 1.29 is 73.8 Å². The summed E-state index contributed by atoms with van der Waals surface area (Å²) >= 11 is 0. The summed E-state index contributed by atoms with van der Waals surface area (Å²) in [5.41, 5.74) is 5.27. The molecular weight excluding hydrogens is 596 g/mol. The standard InChI is InChI=1S/C25H40N4O15/c1-9(5-30)16(34)10(2)29-15(33)3-12(11-4-27-8-28-11)40-24-22(19(37)17(35)13(6-31)42-24)43-23-20(38)21(44-25(26)39)18(36)14(7-32)41-23/h4-5,8-10,12-14,16-24,31-32,34-38H,3,6-7H2,1-2H3,(H2,26,39)(H,27,28)(H,29,33)/t9-,10-,12-,13?,14?,16+,17?,18?,19?,20?,21?,22?,23?,24?/m1/s1. The minimum Gasteiger partial charge on any atom is -0.441 e. The van der Waals surface area contributed by atoms with Gasteiger partial charge in [-0.1, -0.05) is 6.92 Å². The molecule has 0 bridgehead atoms. The zero-order valence-electron chi connectivity index (χ0n) is 23.9. The second-order valence-electron chi connectivity index (χ2n) is 10.6. The van der Waals surface area contributed by atoms with Gasteiger partial charge in [-0.15, -0.1) is 0 Å². The van der Waals surface area contributed by atoms with E-state index in [1.54, 1.807) is 0 Å². The molecule has 1 aromatic heterocycles. The molecule has 1 aromatic rings. The van der Waals surface area contributed by atoms with Crippen LogP contribution in [0.1, 0.15) is 32.1 Å². The molecule has 0 saturated carbocycles. The van der Waals surface area contributed by atoms with Gasteiger partial charge in [0.2, 0.25) is 5.91 Å². The van der Waals surface area contributed by atoms with Crippen LogP contribution in [0.5, 0.6) is 0 Å². The first kappa shape index (κ1) is 35.7. The van der Waals surface area contributed by atoms with Gasteiger partial charge in [-0.05, 0) is 6.92 Å². The van der Waals surface area contributed by atoms with E-state index in [-0.39, 0.29) is 5.69 Å². The zero-order chi connectivity index (χ0) is 32.7. The van der Waals surface area contributed by atoms with E-state index in [0.29, 0.717) is 6.29 Å². The molecule has 2 amide bonds. The molecule has 0 spiro atoms. The molecule has 0 aliphatic carbocycles. The number of hydrogen-bond acceptors (Lipinski definition) is 16. The molecule has 250 valence electrons. The summed E-state index contributed by atoms with van der Waals surface area (Å²) < 4.78 is 27.6. The Morgan fingerprint density at radius 3 is 2.25 bits per heavy atom. The maximum absolute atomic E-state index is 12.9. The molecule has 0 aromatic carbocycles. The largest absolute Gasteiger partial charge is 0.441 e. The fourth-order valence-electron chi connectivity index (χ4n) is 4.84. The molecule has 19 heteroatoms. The zero-order valence-corrected chi connectivity index (χ0v) is 23.9. The summed E-state index contributed by atoms with van der Waals surface area (Å²) in [5, 5.41) is 74.8. The first-order valence-corrected chi connectivity index (χ1v) is 13.8. The predicted molar refractivity (Wildman–Crippen MR) is 141 cm³/mol. The van der Waals surface area contributed by atoms with E-state index in [1.165, 1.54) is 26.4 Å². The maximum Gasteiger partial charge on any atom is 0.404 e. The first-order chi connectivity index (χ1) is 20.8. The molecule has 2 fully saturated rings. The van der Waals surface area contributed by atoms with E-state index in [4.69, 9.17) is 29.4 Å². The number of H-pyrrole nitrogens is 1. The Morgan fingerprint density at radius 2 is 1.68 bits per heavy atom. The van der Waals surface area contributed by atoms with Crippen LogP contribution in [0.4, 0.5) is 4.79 Å². The third-order valence-electron chi connectivity index (χ3n) is 7.38. The number of nitrogens with zero attached hydrogens (tertiary/aromatic N) is 1. The Kier molecular flexibility index (Phi) is 12.9. The van der Waals surface area contributed by atoms with Crippen LogP contribution in [-0.4, -0.2) is 151 Å². The molecule has 2 saturated heterocycles. The number of aliphatic hydroxyl groups excluding tert-OH is 7. The maximum atomic E-state index is 12.9. The quantitative estimate of drug-likeness (QED) is 0.0858. The number of aromatic nitrogens is 2. The molecule has 14 atom stereocenters. The lowest BCUT2D eigenvalue weighted by molar-refractivity contribution is -0.371. The summed E-state index contributed by atoms with van der Waals surface area (Å²) in [6.07, 6.45) is -18.1. The number of rotatable bonds is 14. The average molecular weight is 637 g/mol. The average Bonchev–Trinajstić information content (AvgIpc) is 3.53. The lowest BCUT2D eigenvalue weighted by Crippen LogP contribution is -2.65. The Morgan fingerprint density at radius 1 is 1.05 bits per heavy atom. The van der Waals surface area contributed by atoms with Crippen LogP contribution >= 0.6 is 0 Å². The lowest BCUT2D eigenvalue weighted by Gasteiger charge is -2.46. The monoisotopic (exact) mass is 636 g/mol. The Balaban J connectivity index is 1.86. The lowest BCUT2D eigenvalue weighted by atomic mass is 9.97. The van der Waals surface area contributed by atoms with E-state index >= 15 is 0 Å². The van der Waals surface area contributed by atoms with Crippen LogP contribution in [0.15, 0.2) is 12.5 Å². The van der Waals surface area contributed by atoms with Gasteiger partial charge in [0.1, 0.15) is 55.1 Å². The van der Waals surface area contributed by atoms with Gasteiger partial charge in [-0.2, -0.15) is 0 Å². The molecule has 3 heterocycles. The third kappa shape index (κ3) is 8.46. The van der Waals surface area contributed by atoms with Crippen molar-refractivity contribution in [2.75, 3.05) is 13.2 Å². The van der Waals surface area contributed by atoms with Crippen molar-refractivity contribution in [3.05, 3.63) is 18.2 Å². The highest BCUT2D eigenvalue weighted by Crippen LogP contribution is 2.33. The number of amides is 2. The van der Waals surface area contributed by atoms with Crippen molar-refractivity contribution in [1.82, 2.24) is 15.3 Å². The smallest absolute Gasteiger partial charge is 0.404 e. The molecule has 2 aliphatic heterocycles. The van der Waals surface area contributed by atoms with Gasteiger partial charge in [0.05, 0.1) is 50.0 Å². The number of carbonyl (C=O) groups excluding carboxylic acids is 3. The van der Waals surface area contributed by atoms with Gasteiger partial charge in [0.15, 0.2) is 18.7 Å². The number of hydrogen-bond donors (Lipinski definition) is 10. The number of aliphatic hydroxyl groups is 7. The molecule has 3 rings (SSSR count). The molecule has 2 aliphatic rings. The van der Waals surface area contributed by atoms with Crippen molar-refractivity contribution in [2.45, 2.75) is 99.9 Å². The number of aromatic amines is 1. The van der Waals surface area contributed by atoms with Crippen molar-refractivity contribution in [3.8, 4) is 0 Å². The fourth-order valence-corrected chi connectivity index (χ4v) is 4.84. The summed E-state index contributed by atoms with van der Waals surface area (Å²) in [4.78, 5) is 42.0. The van der Waals surface area contributed by atoms with Gasteiger partial charge < -0.3 is 80.3 Å². The molecule has 0 radical (unpaired) electrons. The van der Waals surface area contributed by atoms with Crippen LogP contribution in [0.3, 0.4) is 0 Å². The molecule has 11 N–H and O–H groups in total. The van der Waals surface area contributed by atoms with E-state index in [2.05, 4.69) is 15.3 Å². The number of nitrogens with two attached hydrogens (primary N) is 1. The van der Waals surface area contributed by atoms with Crippen LogP contribution in [0.2, 0.25) is 0 Å². The highest BCUT2D eigenvalue weighted by molar-refractivity contribution is 5.77. The normalized spacial score (nSPS) is 35.2. The Hall–Kier alpha value is -2.82. The number of aldehydes is 1. The first-order valence-electron chi connectivity index (χ1n) is 13.8. The minimum absolute atomic E-state index is 0.241. The van der Waals surface area contributed by atoms with Gasteiger partial charge >= 0.3 is 6.09 Å². The summed E-state index contributed by atoms with van der Waals surface area (Å²) in [6.45, 7) is 1.38. The van der Waals surface area contributed by atoms with Crippen LogP contribution in [0.25, 0.3) is 0 Å². The highest BCUT2D eigenvalue weighted by atomic mass is 16.8. The van der Waals surface area contributed by atoms with Crippen molar-refractivity contribution in [3.63, 3.8) is 0 Å². The van der Waals surface area contributed by atoms with Crippen LogP contribution < -0.4 is 11.1 Å². The summed E-state index contributed by atoms with van der Waals surface area (Å²) in [7, 11) is 0. The molecule has 19 nitrogen and oxygen atoms in total. The van der Waals surface area contributed by atoms with Gasteiger partial charge in [-0.3, -0.25) is 4.79 Å². The predicted octanol–water partition coefficient (Wildman–Crippen LogP) is -4.71. The number of imidazole rings is 1. The minimum atomic E-state index is -1.93. The SMILES string of the molecule is C[C@H](C=O)[C@H](O)[C@@H](C)NC(=O)C[C@@H](OC1OC(CO)C(O)C(O)C1OC1OC(CO)C(O)C(OC(N)=O)C1O)c1cnc[nH]1. The second kappa shape index (κ2) is 16.0. The Labute approximate surface area is 250 Å². The van der Waals surface area contributed by atoms with Crippen LogP contribution in [-0.2, 0) is 33.3 Å². The molecule has 10 unspecified atom stereocenters. The second-order valence-corrected chi connectivity index (χ2v) is 10.6. The topological polar surface area (TPSA) is 306 Å². The van der Waals surface area contributed by atoms with Gasteiger partial charge in [0.25, 0.3) is 0 Å². The fraction of sp³-hybridized carbons (Fsp3) is 0.760. The summed E-state index contributed by atoms with van der Waals surface area (Å²) in [5.74, 6) is -1.40. The van der Waals surface area contributed by atoms with E-state index in [0.717, 1.165) is 0 Å². The van der Waals surface area contributed by atoms with Gasteiger partial charge in [-0.25, -0.2) is 9.78 Å². The number of carbonyl (C=O) groups is 3. The van der Waals surface area contributed by atoms with Gasteiger partial charge in [0, 0.05) is 5.92 Å². The Bertz CT molecular complexity index is 1070. The van der Waals surface area contributed by atoms with Crippen molar-refractivity contribution in [1.29, 1.82) is 0 Å².